The molecule has 6 fully saturated rings. The molecule has 0 saturated heterocycles. The first kappa shape index (κ1) is 33.2. The van der Waals surface area contributed by atoms with Crippen LogP contribution >= 0.6 is 0 Å². The molecule has 0 amide bonds. The van der Waals surface area contributed by atoms with Crippen LogP contribution in [-0.4, -0.2) is 75.6 Å². The van der Waals surface area contributed by atoms with Crippen molar-refractivity contribution in [3.8, 4) is 11.5 Å². The maximum Gasteiger partial charge on any atom is 0.310 e. The van der Waals surface area contributed by atoms with E-state index in [-0.39, 0.29) is 49.1 Å². The molecule has 11 nitrogen and oxygen atoms in total. The molecule has 3 unspecified atom stereocenters. The highest BCUT2D eigenvalue weighted by molar-refractivity contribution is 6.01. The van der Waals surface area contributed by atoms with Gasteiger partial charge >= 0.3 is 17.9 Å². The molecule has 11 heteroatoms. The summed E-state index contributed by atoms with van der Waals surface area (Å²) >= 11 is 0. The molecule has 0 radical (unpaired) electrons. The van der Waals surface area contributed by atoms with Crippen molar-refractivity contribution in [2.45, 2.75) is 76.8 Å². The molecule has 0 aromatic heterocycles. The first-order chi connectivity index (χ1) is 23.5. The van der Waals surface area contributed by atoms with Crippen molar-refractivity contribution in [3.63, 3.8) is 0 Å². The number of ether oxygens (including phenoxy) is 4. The van der Waals surface area contributed by atoms with E-state index in [1.165, 1.54) is 20.1 Å². The average molecular weight is 689 g/mol. The highest BCUT2D eigenvalue weighted by atomic mass is 16.6. The van der Waals surface area contributed by atoms with Gasteiger partial charge in [0.1, 0.15) is 11.7 Å². The molecule has 2 aromatic carbocycles. The zero-order valence-electron chi connectivity index (χ0n) is 29.1. The third kappa shape index (κ3) is 3.62. The summed E-state index contributed by atoms with van der Waals surface area (Å²) < 4.78 is 23.6. The third-order valence-electron chi connectivity index (χ3n) is 14.4. The molecule has 0 spiro atoms. The molecule has 6 aliphatic rings. The number of phenolic OH excluding ortho intramolecular Hbond substituents is 1. The van der Waals surface area contributed by atoms with Crippen LogP contribution in [0.15, 0.2) is 48.5 Å². The predicted octanol–water partition coefficient (Wildman–Crippen LogP) is 3.18. The summed E-state index contributed by atoms with van der Waals surface area (Å²) in [5, 5.41) is 35.5. The summed E-state index contributed by atoms with van der Waals surface area (Å²) in [6.45, 7) is 8.68. The fourth-order valence-electron chi connectivity index (χ4n) is 12.7. The fraction of sp³-hybridized carbons (Fsp3) is 0.590. The van der Waals surface area contributed by atoms with Gasteiger partial charge in [-0.25, -0.2) is 0 Å². The Kier molecular flexibility index (Phi) is 6.70. The summed E-state index contributed by atoms with van der Waals surface area (Å²) in [6, 6.07) is 13.7. The summed E-state index contributed by atoms with van der Waals surface area (Å²) in [5.74, 6) is -5.19. The lowest BCUT2D eigenvalue weighted by atomic mass is 9.37. The highest BCUT2D eigenvalue weighted by Crippen LogP contribution is 2.93. The third-order valence-corrected chi connectivity index (χ3v) is 14.4. The van der Waals surface area contributed by atoms with Gasteiger partial charge in [-0.15, -0.1) is 0 Å². The van der Waals surface area contributed by atoms with Gasteiger partial charge in [-0.3, -0.25) is 19.2 Å². The summed E-state index contributed by atoms with van der Waals surface area (Å²) in [7, 11) is 1.41. The van der Waals surface area contributed by atoms with Gasteiger partial charge in [-0.05, 0) is 47.4 Å². The molecule has 0 heterocycles. The Bertz CT molecular complexity index is 1840. The summed E-state index contributed by atoms with van der Waals surface area (Å²) in [4.78, 5) is 53.8. The topological polar surface area (TPSA) is 166 Å². The monoisotopic (exact) mass is 688 g/mol. The van der Waals surface area contributed by atoms with Gasteiger partial charge in [0.2, 0.25) is 0 Å². The Morgan fingerprint density at radius 2 is 1.58 bits per heavy atom. The van der Waals surface area contributed by atoms with E-state index in [1.807, 2.05) is 51.1 Å². The highest BCUT2D eigenvalue weighted by Gasteiger charge is 3.01. The number of carbonyl (C=O) groups excluding carboxylic acids is 4. The lowest BCUT2D eigenvalue weighted by molar-refractivity contribution is -0.237. The molecule has 6 aliphatic carbocycles. The number of fused-ring (bicyclic) bond motifs is 8. The smallest absolute Gasteiger partial charge is 0.310 e. The van der Waals surface area contributed by atoms with Crippen LogP contribution in [0.25, 0.3) is 0 Å². The zero-order valence-corrected chi connectivity index (χ0v) is 29.1. The van der Waals surface area contributed by atoms with Gasteiger partial charge in [0, 0.05) is 40.9 Å². The number of Topliss-reactive ketones (excluding diaryl/α,β-unsaturated/α-hetero) is 1. The zero-order chi connectivity index (χ0) is 36.0. The number of hydrogen-bond acceptors (Lipinski definition) is 11. The standard InChI is InChI=1S/C39H44O11/c1-19-32(49-26(43)15-21-10-8-7-9-11-21)39(50-20(2)40)30(34(39,3)4)29-27-28-31(38(19,29)46)37(45)17-36(27,35(28,5)33(37)44)18-48-25(42)16-22-12-13-23(41)24(14-22)47-6/h7-14,19,27-32,41,45-46H,15-18H2,1-6H3/t19-,27+,28?,29+,30+,31-,32-,35?,36?,37+,38-,39+/m0/s1. The molecule has 8 rings (SSSR count). The van der Waals surface area contributed by atoms with Crippen molar-refractivity contribution in [3.05, 3.63) is 59.7 Å². The average Bonchev–Trinajstić information content (AvgIpc) is 3.27. The quantitative estimate of drug-likeness (QED) is 0.262. The molecular formula is C39H44O11. The Hall–Kier alpha value is -3.96. The van der Waals surface area contributed by atoms with Crippen LogP contribution < -0.4 is 4.74 Å². The first-order valence-corrected chi connectivity index (χ1v) is 17.4. The summed E-state index contributed by atoms with van der Waals surface area (Å²) in [6.07, 6.45) is -1.14. The van der Waals surface area contributed by atoms with E-state index in [0.717, 1.165) is 5.56 Å². The van der Waals surface area contributed by atoms with Crippen LogP contribution in [0.5, 0.6) is 11.5 Å². The number of phenols is 1. The van der Waals surface area contributed by atoms with Crippen molar-refractivity contribution < 1.29 is 53.4 Å². The molecule has 3 N–H and O–H groups in total. The summed E-state index contributed by atoms with van der Waals surface area (Å²) in [5.41, 5.74) is -6.22. The number of carbonyl (C=O) groups is 4. The Morgan fingerprint density at radius 1 is 0.900 bits per heavy atom. The maximum atomic E-state index is 14.2. The van der Waals surface area contributed by atoms with Gasteiger partial charge in [0.25, 0.3) is 0 Å². The lowest BCUT2D eigenvalue weighted by Gasteiger charge is -2.65. The largest absolute Gasteiger partial charge is 0.504 e. The van der Waals surface area contributed by atoms with Gasteiger partial charge in [0.15, 0.2) is 22.9 Å². The Morgan fingerprint density at radius 3 is 2.22 bits per heavy atom. The number of aliphatic hydroxyl groups is 2. The number of methoxy groups -OCH3 is 1. The molecule has 12 atom stereocenters. The van der Waals surface area contributed by atoms with Crippen molar-refractivity contribution in [1.29, 1.82) is 0 Å². The number of esters is 3. The van der Waals surface area contributed by atoms with Crippen LogP contribution in [0.2, 0.25) is 0 Å². The maximum absolute atomic E-state index is 14.2. The van der Waals surface area contributed by atoms with E-state index in [2.05, 4.69) is 0 Å². The normalized spacial score (nSPS) is 43.3. The van der Waals surface area contributed by atoms with E-state index < -0.39 is 86.6 Å². The van der Waals surface area contributed by atoms with E-state index in [1.54, 1.807) is 19.1 Å². The SMILES string of the molecule is COc1cc(CC(=O)OCC23C[C@]4(O)C(=O)C2(C)C2[C@@H]3[C@@H]3[C@@H]5C(C)(C)[C@]5(OC(C)=O)[C@@H](OC(=O)Cc5ccccc5)[C@H](C)[C@@]3(O)[C@@H]24)ccc1O. The minimum atomic E-state index is -1.87. The van der Waals surface area contributed by atoms with Crippen molar-refractivity contribution >= 4 is 23.7 Å². The van der Waals surface area contributed by atoms with Crippen molar-refractivity contribution in [2.75, 3.05) is 13.7 Å². The molecular weight excluding hydrogens is 644 g/mol. The Labute approximate surface area is 290 Å². The van der Waals surface area contributed by atoms with Crippen LogP contribution in [0, 0.1) is 51.8 Å². The van der Waals surface area contributed by atoms with Gasteiger partial charge in [-0.1, -0.05) is 64.1 Å². The number of aromatic hydroxyl groups is 1. The van der Waals surface area contributed by atoms with Gasteiger partial charge < -0.3 is 34.3 Å². The Balaban J connectivity index is 1.15. The number of ketones is 1. The van der Waals surface area contributed by atoms with Crippen molar-refractivity contribution in [2.24, 2.45) is 51.8 Å². The molecule has 2 bridgehead atoms. The molecule has 50 heavy (non-hydrogen) atoms. The van der Waals surface area contributed by atoms with Crippen molar-refractivity contribution in [1.82, 2.24) is 0 Å². The second-order valence-electron chi connectivity index (χ2n) is 16.5. The molecule has 2 aromatic rings. The number of benzene rings is 2. The van der Waals surface area contributed by atoms with E-state index >= 15 is 0 Å². The van der Waals surface area contributed by atoms with Crippen LogP contribution in [0.1, 0.15) is 52.2 Å². The van der Waals surface area contributed by atoms with E-state index in [4.69, 9.17) is 18.9 Å². The van der Waals surface area contributed by atoms with Crippen LogP contribution in [-0.2, 0) is 46.2 Å². The van der Waals surface area contributed by atoms with Crippen LogP contribution in [0.3, 0.4) is 0 Å². The minimum absolute atomic E-state index is 0.0201. The predicted molar refractivity (Wildman–Crippen MR) is 174 cm³/mol. The fourth-order valence-corrected chi connectivity index (χ4v) is 12.7. The van der Waals surface area contributed by atoms with Gasteiger partial charge in [-0.2, -0.15) is 0 Å². The minimum Gasteiger partial charge on any atom is -0.504 e. The number of hydrogen-bond donors (Lipinski definition) is 3. The second kappa shape index (κ2) is 10.1. The second-order valence-corrected chi connectivity index (χ2v) is 16.5. The van der Waals surface area contributed by atoms with E-state index in [9.17, 15) is 34.5 Å². The van der Waals surface area contributed by atoms with Gasteiger partial charge in [0.05, 0.1) is 32.2 Å². The molecule has 6 saturated carbocycles. The molecule has 266 valence electrons. The van der Waals surface area contributed by atoms with Crippen LogP contribution in [0.4, 0.5) is 0 Å². The number of rotatable bonds is 9. The lowest BCUT2D eigenvalue weighted by Crippen LogP contribution is -2.67. The first-order valence-electron chi connectivity index (χ1n) is 17.4. The van der Waals surface area contributed by atoms with E-state index in [0.29, 0.717) is 5.56 Å². The molecule has 0 aliphatic heterocycles.